The van der Waals surface area contributed by atoms with Gasteiger partial charge in [-0.25, -0.2) is 4.79 Å². The standard InChI is InChI=1S/C14H17BrN2O3/c1-9-5-10(15)7-11(6-9)17-13(20)16-8-14(12(18)19)3-2-4-14/h5-7H,2-4,8H2,1H3,(H,18,19)(H2,16,17,20). The summed E-state index contributed by atoms with van der Waals surface area (Å²) in [6.45, 7) is 2.10. The molecule has 0 spiro atoms. The van der Waals surface area contributed by atoms with Gasteiger partial charge < -0.3 is 15.7 Å². The summed E-state index contributed by atoms with van der Waals surface area (Å²) in [5.74, 6) is -0.831. The highest BCUT2D eigenvalue weighted by Gasteiger charge is 2.44. The summed E-state index contributed by atoms with van der Waals surface area (Å²) >= 11 is 3.36. The van der Waals surface area contributed by atoms with Crippen molar-refractivity contribution in [3.05, 3.63) is 28.2 Å². The molecule has 20 heavy (non-hydrogen) atoms. The van der Waals surface area contributed by atoms with Gasteiger partial charge in [0.2, 0.25) is 0 Å². The van der Waals surface area contributed by atoms with Crippen LogP contribution in [0.2, 0.25) is 0 Å². The molecular weight excluding hydrogens is 324 g/mol. The number of nitrogens with one attached hydrogen (secondary N) is 2. The molecule has 0 radical (unpaired) electrons. The molecule has 0 heterocycles. The number of carboxylic acids is 1. The molecule has 0 atom stereocenters. The lowest BCUT2D eigenvalue weighted by Crippen LogP contribution is -2.48. The van der Waals surface area contributed by atoms with Crippen LogP contribution in [0.5, 0.6) is 0 Å². The molecule has 0 saturated heterocycles. The molecule has 0 aromatic heterocycles. The third-order valence-electron chi connectivity index (χ3n) is 3.65. The van der Waals surface area contributed by atoms with Crippen molar-refractivity contribution in [1.82, 2.24) is 5.32 Å². The van der Waals surface area contributed by atoms with Crippen LogP contribution in [-0.4, -0.2) is 23.7 Å². The fourth-order valence-corrected chi connectivity index (χ4v) is 2.91. The van der Waals surface area contributed by atoms with Crippen LogP contribution >= 0.6 is 15.9 Å². The highest BCUT2D eigenvalue weighted by molar-refractivity contribution is 9.10. The first-order valence-corrected chi connectivity index (χ1v) is 7.26. The average Bonchev–Trinajstić information content (AvgIpc) is 2.25. The van der Waals surface area contributed by atoms with Crippen LogP contribution in [0.1, 0.15) is 24.8 Å². The molecule has 1 aliphatic carbocycles. The third kappa shape index (κ3) is 3.30. The number of carbonyl (C=O) groups is 2. The summed E-state index contributed by atoms with van der Waals surface area (Å²) in [5.41, 5.74) is 0.924. The van der Waals surface area contributed by atoms with E-state index in [1.165, 1.54) is 0 Å². The summed E-state index contributed by atoms with van der Waals surface area (Å²) in [4.78, 5) is 23.0. The zero-order valence-corrected chi connectivity index (χ0v) is 12.8. The first kappa shape index (κ1) is 14.8. The van der Waals surface area contributed by atoms with Gasteiger partial charge in [-0.15, -0.1) is 0 Å². The fraction of sp³-hybridized carbons (Fsp3) is 0.429. The predicted octanol–water partition coefficient (Wildman–Crippen LogP) is 3.13. The Morgan fingerprint density at radius 1 is 1.35 bits per heavy atom. The molecule has 3 N–H and O–H groups in total. The van der Waals surface area contributed by atoms with E-state index in [1.807, 2.05) is 19.1 Å². The van der Waals surface area contributed by atoms with Crippen LogP contribution in [0.15, 0.2) is 22.7 Å². The van der Waals surface area contributed by atoms with Gasteiger partial charge in [0.1, 0.15) is 0 Å². The van der Waals surface area contributed by atoms with Crippen molar-refractivity contribution in [2.24, 2.45) is 5.41 Å². The average molecular weight is 341 g/mol. The monoisotopic (exact) mass is 340 g/mol. The van der Waals surface area contributed by atoms with Gasteiger partial charge in [-0.1, -0.05) is 22.4 Å². The van der Waals surface area contributed by atoms with Gasteiger partial charge in [-0.2, -0.15) is 0 Å². The third-order valence-corrected chi connectivity index (χ3v) is 4.11. The molecule has 1 fully saturated rings. The predicted molar refractivity (Wildman–Crippen MR) is 79.8 cm³/mol. The SMILES string of the molecule is Cc1cc(Br)cc(NC(=O)NCC2(C(=O)O)CCC2)c1. The van der Waals surface area contributed by atoms with Gasteiger partial charge in [0.05, 0.1) is 5.41 Å². The minimum absolute atomic E-state index is 0.168. The second-order valence-electron chi connectivity index (χ2n) is 5.26. The van der Waals surface area contributed by atoms with E-state index in [-0.39, 0.29) is 12.6 Å². The van der Waals surface area contributed by atoms with Crippen LogP contribution in [0, 0.1) is 12.3 Å². The summed E-state index contributed by atoms with van der Waals surface area (Å²) < 4.78 is 0.883. The summed E-state index contributed by atoms with van der Waals surface area (Å²) in [5, 5.41) is 14.5. The largest absolute Gasteiger partial charge is 0.481 e. The molecule has 6 heteroatoms. The lowest BCUT2D eigenvalue weighted by molar-refractivity contribution is -0.153. The second-order valence-corrected chi connectivity index (χ2v) is 6.18. The summed E-state index contributed by atoms with van der Waals surface area (Å²) in [7, 11) is 0. The smallest absolute Gasteiger partial charge is 0.319 e. The van der Waals surface area contributed by atoms with E-state index in [4.69, 9.17) is 0 Å². The zero-order valence-electron chi connectivity index (χ0n) is 11.2. The Morgan fingerprint density at radius 2 is 2.05 bits per heavy atom. The minimum atomic E-state index is -0.831. The Kier molecular flexibility index (Phi) is 4.32. The molecule has 0 aliphatic heterocycles. The number of hydrogen-bond donors (Lipinski definition) is 3. The topological polar surface area (TPSA) is 78.4 Å². The van der Waals surface area contributed by atoms with E-state index >= 15 is 0 Å². The van der Waals surface area contributed by atoms with Gasteiger partial charge in [-0.3, -0.25) is 4.79 Å². The Labute approximate surface area is 125 Å². The fourth-order valence-electron chi connectivity index (χ4n) is 2.30. The first-order valence-electron chi connectivity index (χ1n) is 6.47. The minimum Gasteiger partial charge on any atom is -0.481 e. The van der Waals surface area contributed by atoms with Crippen molar-refractivity contribution in [2.45, 2.75) is 26.2 Å². The van der Waals surface area contributed by atoms with Crippen molar-refractivity contribution in [3.8, 4) is 0 Å². The van der Waals surface area contributed by atoms with Gasteiger partial charge >= 0.3 is 12.0 Å². The Balaban J connectivity index is 1.91. The van der Waals surface area contributed by atoms with Crippen molar-refractivity contribution in [2.75, 3.05) is 11.9 Å². The van der Waals surface area contributed by atoms with E-state index in [2.05, 4.69) is 26.6 Å². The molecular formula is C14H17BrN2O3. The molecule has 2 amide bonds. The number of hydrogen-bond acceptors (Lipinski definition) is 2. The number of anilines is 1. The number of aryl methyl sites for hydroxylation is 1. The Hall–Kier alpha value is -1.56. The number of rotatable bonds is 4. The molecule has 0 unspecified atom stereocenters. The highest BCUT2D eigenvalue weighted by atomic mass is 79.9. The summed E-state index contributed by atoms with van der Waals surface area (Å²) in [6.07, 6.45) is 2.15. The van der Waals surface area contributed by atoms with E-state index in [1.54, 1.807) is 6.07 Å². The van der Waals surface area contributed by atoms with Crippen LogP contribution in [0.4, 0.5) is 10.5 Å². The molecule has 1 aliphatic rings. The van der Waals surface area contributed by atoms with Gasteiger partial charge in [0.25, 0.3) is 0 Å². The van der Waals surface area contributed by atoms with Crippen LogP contribution in [-0.2, 0) is 4.79 Å². The van der Waals surface area contributed by atoms with Crippen LogP contribution in [0.3, 0.4) is 0 Å². The lowest BCUT2D eigenvalue weighted by Gasteiger charge is -2.37. The lowest BCUT2D eigenvalue weighted by atomic mass is 9.69. The number of benzene rings is 1. The number of carbonyl (C=O) groups excluding carboxylic acids is 1. The summed E-state index contributed by atoms with van der Waals surface area (Å²) in [6, 6.07) is 5.20. The highest BCUT2D eigenvalue weighted by Crippen LogP contribution is 2.40. The first-order chi connectivity index (χ1) is 9.41. The number of carboxylic acid groups (broad SMARTS) is 1. The van der Waals surface area contributed by atoms with E-state index in [9.17, 15) is 14.7 Å². The molecule has 1 saturated carbocycles. The Bertz CT molecular complexity index is 521. The molecule has 108 valence electrons. The zero-order chi connectivity index (χ0) is 14.8. The molecule has 5 nitrogen and oxygen atoms in total. The Morgan fingerprint density at radius 3 is 2.55 bits per heavy atom. The van der Waals surface area contributed by atoms with Crippen molar-refractivity contribution in [1.29, 1.82) is 0 Å². The van der Waals surface area contributed by atoms with Crippen molar-refractivity contribution in [3.63, 3.8) is 0 Å². The van der Waals surface area contributed by atoms with Crippen LogP contribution in [0.25, 0.3) is 0 Å². The van der Waals surface area contributed by atoms with Gasteiger partial charge in [-0.05, 0) is 43.5 Å². The van der Waals surface area contributed by atoms with Crippen molar-refractivity contribution >= 4 is 33.6 Å². The number of amides is 2. The van der Waals surface area contributed by atoms with Crippen molar-refractivity contribution < 1.29 is 14.7 Å². The van der Waals surface area contributed by atoms with E-state index in [0.717, 1.165) is 16.5 Å². The molecule has 1 aromatic rings. The number of halogens is 1. The van der Waals surface area contributed by atoms with Gasteiger partial charge in [0.15, 0.2) is 0 Å². The van der Waals surface area contributed by atoms with Crippen LogP contribution < -0.4 is 10.6 Å². The molecule has 0 bridgehead atoms. The number of aliphatic carboxylic acids is 1. The number of urea groups is 1. The van der Waals surface area contributed by atoms with E-state index in [0.29, 0.717) is 18.5 Å². The maximum atomic E-state index is 11.8. The normalized spacial score (nSPS) is 16.1. The molecule has 2 rings (SSSR count). The molecule has 1 aromatic carbocycles. The van der Waals surface area contributed by atoms with Gasteiger partial charge in [0, 0.05) is 16.7 Å². The second kappa shape index (κ2) is 5.83. The van der Waals surface area contributed by atoms with E-state index < -0.39 is 11.4 Å². The quantitative estimate of drug-likeness (QED) is 0.787. The maximum Gasteiger partial charge on any atom is 0.319 e. The maximum absolute atomic E-state index is 11.8.